The Bertz CT molecular complexity index is 405. The molecule has 0 aliphatic carbocycles. The van der Waals surface area contributed by atoms with E-state index in [1.165, 1.54) is 5.56 Å². The Morgan fingerprint density at radius 2 is 2.06 bits per heavy atom. The van der Waals surface area contributed by atoms with Crippen LogP contribution in [-0.2, 0) is 4.79 Å². The number of halogens is 1. The summed E-state index contributed by atoms with van der Waals surface area (Å²) in [5.74, 6) is 0.136. The second kappa shape index (κ2) is 6.34. The van der Waals surface area contributed by atoms with Crippen molar-refractivity contribution in [2.45, 2.75) is 38.3 Å². The van der Waals surface area contributed by atoms with E-state index in [0.717, 1.165) is 30.3 Å². The van der Waals surface area contributed by atoms with Crippen molar-refractivity contribution in [2.75, 3.05) is 6.54 Å². The molecule has 0 spiro atoms. The Morgan fingerprint density at radius 1 is 1.33 bits per heavy atom. The van der Waals surface area contributed by atoms with Gasteiger partial charge in [-0.25, -0.2) is 0 Å². The van der Waals surface area contributed by atoms with Crippen LogP contribution >= 0.6 is 15.9 Å². The molecule has 1 aliphatic rings. The fourth-order valence-corrected chi connectivity index (χ4v) is 2.51. The lowest BCUT2D eigenvalue weighted by molar-refractivity contribution is -0.123. The summed E-state index contributed by atoms with van der Waals surface area (Å²) in [5, 5.41) is 6.37. The Hall–Kier alpha value is -0.870. The number of carbonyl (C=O) groups excluding carboxylic acids is 1. The van der Waals surface area contributed by atoms with Crippen molar-refractivity contribution in [2.24, 2.45) is 0 Å². The summed E-state index contributed by atoms with van der Waals surface area (Å²) in [6.07, 6.45) is 3.10. The summed E-state index contributed by atoms with van der Waals surface area (Å²) in [5.41, 5.74) is 1.20. The minimum Gasteiger partial charge on any atom is -0.355 e. The van der Waals surface area contributed by atoms with Crippen LogP contribution in [0.4, 0.5) is 0 Å². The molecular weight excluding hydrogens is 292 g/mol. The number of amides is 1. The Balaban J connectivity index is 1.99. The van der Waals surface area contributed by atoms with Gasteiger partial charge < -0.3 is 5.32 Å². The van der Waals surface area contributed by atoms with Gasteiger partial charge in [-0.3, -0.25) is 10.1 Å². The molecule has 0 aromatic heterocycles. The van der Waals surface area contributed by atoms with Gasteiger partial charge in [0.2, 0.25) is 5.91 Å². The third kappa shape index (κ3) is 3.56. The molecule has 2 N–H and O–H groups in total. The van der Waals surface area contributed by atoms with E-state index in [0.29, 0.717) is 0 Å². The monoisotopic (exact) mass is 310 g/mol. The van der Waals surface area contributed by atoms with Gasteiger partial charge in [0.05, 0.1) is 6.04 Å². The number of rotatable bonds is 3. The van der Waals surface area contributed by atoms with Crippen molar-refractivity contribution < 1.29 is 4.79 Å². The third-order valence-corrected chi connectivity index (χ3v) is 3.89. The normalized spacial score (nSPS) is 22.1. The lowest BCUT2D eigenvalue weighted by atomic mass is 10.1. The van der Waals surface area contributed by atoms with Crippen LogP contribution < -0.4 is 10.6 Å². The van der Waals surface area contributed by atoms with Gasteiger partial charge in [-0.1, -0.05) is 28.1 Å². The topological polar surface area (TPSA) is 41.1 Å². The minimum absolute atomic E-state index is 0.0638. The maximum absolute atomic E-state index is 11.9. The highest BCUT2D eigenvalue weighted by atomic mass is 79.9. The van der Waals surface area contributed by atoms with E-state index in [9.17, 15) is 4.79 Å². The molecular formula is C14H19BrN2O. The van der Waals surface area contributed by atoms with Gasteiger partial charge in [-0.2, -0.15) is 0 Å². The smallest absolute Gasteiger partial charge is 0.237 e. The van der Waals surface area contributed by atoms with E-state index in [-0.39, 0.29) is 18.0 Å². The molecule has 18 heavy (non-hydrogen) atoms. The van der Waals surface area contributed by atoms with Crippen LogP contribution in [0.5, 0.6) is 0 Å². The third-order valence-electron chi connectivity index (χ3n) is 3.36. The molecule has 1 fully saturated rings. The first-order chi connectivity index (χ1) is 8.66. The molecule has 4 heteroatoms. The summed E-state index contributed by atoms with van der Waals surface area (Å²) < 4.78 is 1.07. The Kier molecular flexibility index (Phi) is 4.78. The molecule has 2 rings (SSSR count). The molecule has 1 aromatic rings. The summed E-state index contributed by atoms with van der Waals surface area (Å²) >= 11 is 3.43. The molecule has 0 radical (unpaired) electrons. The summed E-state index contributed by atoms with van der Waals surface area (Å²) in [6, 6.07) is 8.34. The molecule has 1 aromatic carbocycles. The number of nitrogens with one attached hydrogen (secondary N) is 2. The molecule has 0 saturated carbocycles. The first-order valence-electron chi connectivity index (χ1n) is 6.46. The molecule has 0 bridgehead atoms. The SMILES string of the molecule is C[C@@H](NC1CCCCNC1=O)c1ccc(Br)cc1. The average molecular weight is 311 g/mol. The quantitative estimate of drug-likeness (QED) is 0.901. The maximum atomic E-state index is 11.9. The fraction of sp³-hybridized carbons (Fsp3) is 0.500. The zero-order valence-corrected chi connectivity index (χ0v) is 12.2. The maximum Gasteiger partial charge on any atom is 0.237 e. The zero-order chi connectivity index (χ0) is 13.0. The number of hydrogen-bond donors (Lipinski definition) is 2. The van der Waals surface area contributed by atoms with Crippen LogP contribution in [0.2, 0.25) is 0 Å². The minimum atomic E-state index is -0.0638. The molecule has 98 valence electrons. The van der Waals surface area contributed by atoms with E-state index in [2.05, 4.69) is 45.6 Å². The van der Waals surface area contributed by atoms with Crippen LogP contribution in [0.25, 0.3) is 0 Å². The van der Waals surface area contributed by atoms with Crippen LogP contribution in [0.3, 0.4) is 0 Å². The Labute approximate surface area is 116 Å². The van der Waals surface area contributed by atoms with Crippen molar-refractivity contribution in [1.29, 1.82) is 0 Å². The Morgan fingerprint density at radius 3 is 2.78 bits per heavy atom. The van der Waals surface area contributed by atoms with Crippen molar-refractivity contribution in [1.82, 2.24) is 10.6 Å². The highest BCUT2D eigenvalue weighted by molar-refractivity contribution is 9.10. The molecule has 3 nitrogen and oxygen atoms in total. The summed E-state index contributed by atoms with van der Waals surface area (Å²) in [4.78, 5) is 11.9. The van der Waals surface area contributed by atoms with Crippen molar-refractivity contribution in [3.05, 3.63) is 34.3 Å². The first kappa shape index (κ1) is 13.6. The molecule has 1 amide bonds. The van der Waals surface area contributed by atoms with E-state index in [1.54, 1.807) is 0 Å². The predicted molar refractivity (Wildman–Crippen MR) is 76.3 cm³/mol. The van der Waals surface area contributed by atoms with Gasteiger partial charge in [0.1, 0.15) is 0 Å². The van der Waals surface area contributed by atoms with E-state index < -0.39 is 0 Å². The zero-order valence-electron chi connectivity index (χ0n) is 10.6. The van der Waals surface area contributed by atoms with Crippen molar-refractivity contribution in [3.63, 3.8) is 0 Å². The average Bonchev–Trinajstić information content (AvgIpc) is 2.56. The van der Waals surface area contributed by atoms with Crippen LogP contribution in [0.1, 0.15) is 37.8 Å². The number of hydrogen-bond acceptors (Lipinski definition) is 2. The van der Waals surface area contributed by atoms with Crippen LogP contribution in [0.15, 0.2) is 28.7 Å². The van der Waals surface area contributed by atoms with Gasteiger partial charge in [-0.05, 0) is 43.9 Å². The van der Waals surface area contributed by atoms with Gasteiger partial charge in [0.25, 0.3) is 0 Å². The lowest BCUT2D eigenvalue weighted by Crippen LogP contribution is -2.43. The highest BCUT2D eigenvalue weighted by Crippen LogP contribution is 2.18. The van der Waals surface area contributed by atoms with Gasteiger partial charge >= 0.3 is 0 Å². The summed E-state index contributed by atoms with van der Waals surface area (Å²) in [7, 11) is 0. The van der Waals surface area contributed by atoms with E-state index >= 15 is 0 Å². The van der Waals surface area contributed by atoms with Gasteiger partial charge in [0.15, 0.2) is 0 Å². The second-order valence-electron chi connectivity index (χ2n) is 4.78. The number of benzene rings is 1. The van der Waals surface area contributed by atoms with Crippen LogP contribution in [-0.4, -0.2) is 18.5 Å². The first-order valence-corrected chi connectivity index (χ1v) is 7.25. The predicted octanol–water partition coefficient (Wildman–Crippen LogP) is 2.77. The largest absolute Gasteiger partial charge is 0.355 e. The van der Waals surface area contributed by atoms with Crippen molar-refractivity contribution >= 4 is 21.8 Å². The molecule has 1 saturated heterocycles. The molecule has 1 unspecified atom stereocenters. The standard InChI is InChI=1S/C14H19BrN2O/c1-10(11-5-7-12(15)8-6-11)17-13-4-2-3-9-16-14(13)18/h5-8,10,13,17H,2-4,9H2,1H3,(H,16,18)/t10-,13?/m1/s1. The number of carbonyl (C=O) groups is 1. The highest BCUT2D eigenvalue weighted by Gasteiger charge is 2.22. The molecule has 1 aliphatic heterocycles. The van der Waals surface area contributed by atoms with Gasteiger partial charge in [-0.15, -0.1) is 0 Å². The second-order valence-corrected chi connectivity index (χ2v) is 5.69. The van der Waals surface area contributed by atoms with E-state index in [4.69, 9.17) is 0 Å². The molecule has 1 heterocycles. The lowest BCUT2D eigenvalue weighted by Gasteiger charge is -2.21. The van der Waals surface area contributed by atoms with Crippen molar-refractivity contribution in [3.8, 4) is 0 Å². The van der Waals surface area contributed by atoms with Crippen LogP contribution in [0, 0.1) is 0 Å². The molecule has 2 atom stereocenters. The van der Waals surface area contributed by atoms with Gasteiger partial charge in [0, 0.05) is 17.1 Å². The fourth-order valence-electron chi connectivity index (χ4n) is 2.25. The van der Waals surface area contributed by atoms with E-state index in [1.807, 2.05) is 12.1 Å². The summed E-state index contributed by atoms with van der Waals surface area (Å²) in [6.45, 7) is 2.91.